The van der Waals surface area contributed by atoms with Gasteiger partial charge in [0.2, 0.25) is 5.91 Å². The third-order valence-electron chi connectivity index (χ3n) is 5.83. The van der Waals surface area contributed by atoms with E-state index in [1.165, 1.54) is 6.07 Å². The molecule has 9 heteroatoms. The van der Waals surface area contributed by atoms with Crippen LogP contribution in [0.4, 0.5) is 26.3 Å². The molecule has 0 aliphatic rings. The number of aromatic nitrogens is 1. The van der Waals surface area contributed by atoms with Crippen molar-refractivity contribution in [2.45, 2.75) is 38.7 Å². The van der Waals surface area contributed by atoms with Crippen LogP contribution in [0.3, 0.4) is 0 Å². The molecular formula is C25H20F6N2O. The van der Waals surface area contributed by atoms with Gasteiger partial charge in [0.1, 0.15) is 0 Å². The first kappa shape index (κ1) is 23.7. The summed E-state index contributed by atoms with van der Waals surface area (Å²) in [5, 5.41) is 1.12. The number of amides is 1. The van der Waals surface area contributed by atoms with Gasteiger partial charge in [-0.25, -0.2) is 0 Å². The van der Waals surface area contributed by atoms with Crippen molar-refractivity contribution in [2.75, 3.05) is 0 Å². The molecule has 1 heterocycles. The summed E-state index contributed by atoms with van der Waals surface area (Å²) in [6.07, 6.45) is -8.32. The maximum absolute atomic E-state index is 13.8. The highest BCUT2D eigenvalue weighted by molar-refractivity contribution is 6.18. The van der Waals surface area contributed by atoms with Gasteiger partial charge >= 0.3 is 12.4 Å². The number of primary amides is 1. The second-order valence-electron chi connectivity index (χ2n) is 8.12. The minimum Gasteiger partial charge on any atom is -0.366 e. The summed E-state index contributed by atoms with van der Waals surface area (Å²) in [6.45, 7) is 1.65. The van der Waals surface area contributed by atoms with Crippen molar-refractivity contribution in [3.63, 3.8) is 0 Å². The molecule has 34 heavy (non-hydrogen) atoms. The van der Waals surface area contributed by atoms with Crippen LogP contribution in [0, 0.1) is 0 Å². The van der Waals surface area contributed by atoms with Gasteiger partial charge in [-0.15, -0.1) is 0 Å². The van der Waals surface area contributed by atoms with Gasteiger partial charge in [-0.1, -0.05) is 37.6 Å². The van der Waals surface area contributed by atoms with E-state index in [1.807, 2.05) is 19.1 Å². The Hall–Kier alpha value is -3.49. The van der Waals surface area contributed by atoms with Crippen LogP contribution in [-0.2, 0) is 25.3 Å². The molecule has 4 aromatic rings. The highest BCUT2D eigenvalue weighted by atomic mass is 19.4. The largest absolute Gasteiger partial charge is 0.416 e. The SMILES string of the molecule is CCCc1ccc2c3c(C(N)=O)cccc3n(Cc3ccc(C(F)(F)F)cc3C(F)(F)F)c2c1. The van der Waals surface area contributed by atoms with Crippen LogP contribution in [-0.4, -0.2) is 10.5 Å². The second-order valence-corrected chi connectivity index (χ2v) is 8.12. The molecule has 0 fully saturated rings. The fourth-order valence-electron chi connectivity index (χ4n) is 4.33. The first-order valence-corrected chi connectivity index (χ1v) is 10.5. The quantitative estimate of drug-likeness (QED) is 0.311. The molecular weight excluding hydrogens is 458 g/mol. The third kappa shape index (κ3) is 4.22. The van der Waals surface area contributed by atoms with E-state index in [0.717, 1.165) is 24.5 Å². The molecule has 1 amide bonds. The van der Waals surface area contributed by atoms with Crippen LogP contribution >= 0.6 is 0 Å². The van der Waals surface area contributed by atoms with Crippen molar-refractivity contribution in [1.29, 1.82) is 0 Å². The molecule has 0 spiro atoms. The monoisotopic (exact) mass is 478 g/mol. The van der Waals surface area contributed by atoms with E-state index < -0.39 is 29.4 Å². The van der Waals surface area contributed by atoms with Crippen molar-refractivity contribution < 1.29 is 31.1 Å². The lowest BCUT2D eigenvalue weighted by atomic mass is 10.0. The smallest absolute Gasteiger partial charge is 0.366 e. The van der Waals surface area contributed by atoms with Gasteiger partial charge in [0.25, 0.3) is 0 Å². The molecule has 1 aromatic heterocycles. The third-order valence-corrected chi connectivity index (χ3v) is 5.83. The van der Waals surface area contributed by atoms with Gasteiger partial charge < -0.3 is 10.3 Å². The van der Waals surface area contributed by atoms with E-state index >= 15 is 0 Å². The number of carbonyl (C=O) groups is 1. The standard InChI is InChI=1S/C25H20F6N2O/c1-2-4-14-7-10-17-21(11-14)33(20-6-3-5-18(22(17)20)23(32)34)13-15-8-9-16(24(26,27)28)12-19(15)25(29,30)31/h3,5-12H,2,4,13H2,1H3,(H2,32,34). The van der Waals surface area contributed by atoms with Gasteiger partial charge in [-0.05, 0) is 47.9 Å². The Kier molecular flexibility index (Phi) is 5.83. The van der Waals surface area contributed by atoms with E-state index in [1.54, 1.807) is 22.8 Å². The van der Waals surface area contributed by atoms with E-state index in [-0.39, 0.29) is 23.7 Å². The second kappa shape index (κ2) is 8.38. The summed E-state index contributed by atoms with van der Waals surface area (Å²) in [5.74, 6) is -0.687. The van der Waals surface area contributed by atoms with Crippen molar-refractivity contribution in [3.8, 4) is 0 Å². The molecule has 2 N–H and O–H groups in total. The predicted molar refractivity (Wildman–Crippen MR) is 118 cm³/mol. The zero-order valence-electron chi connectivity index (χ0n) is 18.0. The van der Waals surface area contributed by atoms with Crippen LogP contribution in [0.15, 0.2) is 54.6 Å². The van der Waals surface area contributed by atoms with Crippen molar-refractivity contribution >= 4 is 27.7 Å². The van der Waals surface area contributed by atoms with Crippen molar-refractivity contribution in [2.24, 2.45) is 5.73 Å². The molecule has 178 valence electrons. The minimum absolute atomic E-state index is 0.139. The predicted octanol–water partition coefficient (Wildman–Crippen LogP) is 6.93. The number of benzene rings is 3. The number of alkyl halides is 6. The maximum atomic E-state index is 13.8. The molecule has 4 rings (SSSR count). The number of nitrogens with two attached hydrogens (primary N) is 1. The number of aryl methyl sites for hydroxylation is 1. The lowest BCUT2D eigenvalue weighted by molar-refractivity contribution is -0.143. The van der Waals surface area contributed by atoms with Crippen LogP contribution in [0.1, 0.15) is 46.0 Å². The summed E-state index contributed by atoms with van der Waals surface area (Å²) in [5.41, 5.74) is 4.71. The van der Waals surface area contributed by atoms with Crippen molar-refractivity contribution in [1.82, 2.24) is 4.57 Å². The topological polar surface area (TPSA) is 48.0 Å². The lowest BCUT2D eigenvalue weighted by Crippen LogP contribution is -2.15. The molecule has 0 aliphatic carbocycles. The number of carbonyl (C=O) groups excluding carboxylic acids is 1. The Morgan fingerprint density at radius 1 is 0.912 bits per heavy atom. The summed E-state index contributed by atoms with van der Waals surface area (Å²) in [4.78, 5) is 12.1. The van der Waals surface area contributed by atoms with Gasteiger partial charge in [0.05, 0.1) is 16.6 Å². The minimum atomic E-state index is -4.99. The molecule has 0 saturated carbocycles. The van der Waals surface area contributed by atoms with Crippen LogP contribution in [0.2, 0.25) is 0 Å². The first-order chi connectivity index (χ1) is 15.9. The molecule has 3 nitrogen and oxygen atoms in total. The number of fused-ring (bicyclic) bond motifs is 3. The number of hydrogen-bond donors (Lipinski definition) is 1. The molecule has 0 aliphatic heterocycles. The normalized spacial score (nSPS) is 12.6. The highest BCUT2D eigenvalue weighted by Gasteiger charge is 2.38. The molecule has 3 aromatic carbocycles. The zero-order valence-corrected chi connectivity index (χ0v) is 18.0. The van der Waals surface area contributed by atoms with Gasteiger partial charge in [-0.3, -0.25) is 4.79 Å². The average Bonchev–Trinajstić information content (AvgIpc) is 3.06. The Labute approximate surface area is 190 Å². The molecule has 0 bridgehead atoms. The Morgan fingerprint density at radius 2 is 1.65 bits per heavy atom. The number of nitrogens with zero attached hydrogens (tertiary/aromatic N) is 1. The fourth-order valence-corrected chi connectivity index (χ4v) is 4.33. The van der Waals surface area contributed by atoms with Crippen LogP contribution in [0.5, 0.6) is 0 Å². The van der Waals surface area contributed by atoms with E-state index in [9.17, 15) is 31.1 Å². The highest BCUT2D eigenvalue weighted by Crippen LogP contribution is 2.39. The van der Waals surface area contributed by atoms with Crippen LogP contribution < -0.4 is 5.73 Å². The number of halogens is 6. The van der Waals surface area contributed by atoms with E-state index in [2.05, 4.69) is 0 Å². The summed E-state index contributed by atoms with van der Waals surface area (Å²) in [6, 6.07) is 11.9. The van der Waals surface area contributed by atoms with E-state index in [0.29, 0.717) is 27.9 Å². The fraction of sp³-hybridized carbons (Fsp3) is 0.240. The van der Waals surface area contributed by atoms with Gasteiger partial charge in [0, 0.05) is 28.4 Å². The first-order valence-electron chi connectivity index (χ1n) is 10.5. The number of rotatable bonds is 5. The Morgan fingerprint density at radius 3 is 2.26 bits per heavy atom. The molecule has 0 atom stereocenters. The summed E-state index contributed by atoms with van der Waals surface area (Å²) < 4.78 is 82.2. The Bertz CT molecular complexity index is 1400. The average molecular weight is 478 g/mol. The molecule has 0 saturated heterocycles. The van der Waals surface area contributed by atoms with Crippen molar-refractivity contribution in [3.05, 3.63) is 82.4 Å². The molecule has 0 radical (unpaired) electrons. The van der Waals surface area contributed by atoms with Gasteiger partial charge in [-0.2, -0.15) is 26.3 Å². The van der Waals surface area contributed by atoms with Crippen LogP contribution in [0.25, 0.3) is 21.8 Å². The van der Waals surface area contributed by atoms with E-state index in [4.69, 9.17) is 5.73 Å². The maximum Gasteiger partial charge on any atom is 0.416 e. The Balaban J connectivity index is 2.00. The summed E-state index contributed by atoms with van der Waals surface area (Å²) >= 11 is 0. The lowest BCUT2D eigenvalue weighted by Gasteiger charge is -2.17. The molecule has 0 unspecified atom stereocenters. The summed E-state index contributed by atoms with van der Waals surface area (Å²) in [7, 11) is 0. The zero-order chi connectivity index (χ0) is 24.8. The van der Waals surface area contributed by atoms with Gasteiger partial charge in [0.15, 0.2) is 0 Å². The number of hydrogen-bond acceptors (Lipinski definition) is 1.